The molecular weight excluding hydrogens is 294 g/mol. The smallest absolute Gasteiger partial charge is 0.312 e. The molecule has 3 rings (SSSR count). The van der Waals surface area contributed by atoms with E-state index in [-0.39, 0.29) is 22.9 Å². The zero-order valence-electron chi connectivity index (χ0n) is 10.9. The van der Waals surface area contributed by atoms with Gasteiger partial charge >= 0.3 is 6.01 Å². The molecule has 0 fully saturated rings. The molecule has 0 bridgehead atoms. The first kappa shape index (κ1) is 13.6. The van der Waals surface area contributed by atoms with Crippen LogP contribution in [0.1, 0.15) is 17.4 Å². The number of hydrogen-bond acceptors (Lipinski definition) is 8. The minimum atomic E-state index is -3.66. The Morgan fingerprint density at radius 3 is 2.71 bits per heavy atom. The summed E-state index contributed by atoms with van der Waals surface area (Å²) in [5.41, 5.74) is 8.91. The van der Waals surface area contributed by atoms with Gasteiger partial charge in [-0.3, -0.25) is 0 Å². The normalized spacial score (nSPS) is 18.3. The lowest BCUT2D eigenvalue weighted by Gasteiger charge is -2.11. The number of benzene rings is 1. The summed E-state index contributed by atoms with van der Waals surface area (Å²) >= 11 is 0. The highest BCUT2D eigenvalue weighted by molar-refractivity contribution is 8.05. The summed E-state index contributed by atoms with van der Waals surface area (Å²) in [6.07, 6.45) is 0. The van der Waals surface area contributed by atoms with E-state index in [4.69, 9.17) is 10.2 Å². The van der Waals surface area contributed by atoms with Gasteiger partial charge in [0.05, 0.1) is 5.92 Å². The van der Waals surface area contributed by atoms with E-state index >= 15 is 0 Å². The summed E-state index contributed by atoms with van der Waals surface area (Å²) in [5.74, 6) is -0.786. The third-order valence-electron chi connectivity index (χ3n) is 3.10. The van der Waals surface area contributed by atoms with E-state index in [0.717, 1.165) is 5.56 Å². The Hall–Kier alpha value is -2.42. The fraction of sp³-hybridized carbons (Fsp3) is 0.250. The molecule has 110 valence electrons. The molecule has 1 atom stereocenters. The molecule has 2 heterocycles. The Balaban J connectivity index is 1.87. The van der Waals surface area contributed by atoms with Crippen LogP contribution < -0.4 is 11.2 Å². The van der Waals surface area contributed by atoms with Crippen LogP contribution in [0.2, 0.25) is 0 Å². The number of sulfone groups is 1. The zero-order valence-corrected chi connectivity index (χ0v) is 11.7. The van der Waals surface area contributed by atoms with Crippen molar-refractivity contribution < 1.29 is 12.8 Å². The second kappa shape index (κ2) is 5.17. The van der Waals surface area contributed by atoms with E-state index < -0.39 is 15.6 Å². The standard InChI is InChI=1S/C12H13N5O3S/c13-12-17-15-10(20-12)7-21(18,19)11-9(6-14-16-11)8-4-2-1-3-5-8/h1-5,9,14H,6-7H2,(H2,13,17). The topological polar surface area (TPSA) is 123 Å². The minimum Gasteiger partial charge on any atom is -0.407 e. The highest BCUT2D eigenvalue weighted by Gasteiger charge is 2.34. The zero-order chi connectivity index (χ0) is 14.9. The van der Waals surface area contributed by atoms with Gasteiger partial charge < -0.3 is 15.6 Å². The van der Waals surface area contributed by atoms with Gasteiger partial charge in [-0.15, -0.1) is 5.10 Å². The van der Waals surface area contributed by atoms with Crippen LogP contribution in [0, 0.1) is 0 Å². The van der Waals surface area contributed by atoms with E-state index in [1.807, 2.05) is 30.3 Å². The first-order chi connectivity index (χ1) is 10.1. The van der Waals surface area contributed by atoms with Crippen molar-refractivity contribution in [1.82, 2.24) is 15.6 Å². The average molecular weight is 307 g/mol. The highest BCUT2D eigenvalue weighted by Crippen LogP contribution is 2.25. The van der Waals surface area contributed by atoms with E-state index in [1.54, 1.807) is 0 Å². The Labute approximate surface area is 121 Å². The van der Waals surface area contributed by atoms with E-state index in [1.165, 1.54) is 0 Å². The SMILES string of the molecule is Nc1nnc(CS(=O)(=O)C2=NNCC2c2ccccc2)o1. The highest BCUT2D eigenvalue weighted by atomic mass is 32.2. The number of hydrogen-bond donors (Lipinski definition) is 2. The molecule has 1 aliphatic rings. The summed E-state index contributed by atoms with van der Waals surface area (Å²) in [6.45, 7) is 0.435. The number of nitrogens with two attached hydrogens (primary N) is 1. The molecule has 0 spiro atoms. The van der Waals surface area contributed by atoms with E-state index in [9.17, 15) is 8.42 Å². The minimum absolute atomic E-state index is 0.0473. The summed E-state index contributed by atoms with van der Waals surface area (Å²) < 4.78 is 29.8. The van der Waals surface area contributed by atoms with Crippen molar-refractivity contribution in [3.63, 3.8) is 0 Å². The number of nitrogens with one attached hydrogen (secondary N) is 1. The summed E-state index contributed by atoms with van der Waals surface area (Å²) in [5, 5.41) is 11.0. The predicted molar refractivity (Wildman–Crippen MR) is 76.0 cm³/mol. The number of rotatable bonds is 3. The van der Waals surface area contributed by atoms with Gasteiger partial charge in [-0.2, -0.15) is 5.10 Å². The van der Waals surface area contributed by atoms with Crippen LogP contribution in [0.5, 0.6) is 0 Å². The number of nitrogens with zero attached hydrogens (tertiary/aromatic N) is 3. The molecule has 1 aromatic heterocycles. The molecule has 0 amide bonds. The van der Waals surface area contributed by atoms with Crippen LogP contribution in [-0.4, -0.2) is 30.2 Å². The molecule has 1 unspecified atom stereocenters. The number of aromatic nitrogens is 2. The van der Waals surface area contributed by atoms with Crippen LogP contribution in [0.3, 0.4) is 0 Å². The molecule has 1 aliphatic heterocycles. The van der Waals surface area contributed by atoms with Crippen molar-refractivity contribution >= 4 is 20.9 Å². The van der Waals surface area contributed by atoms with Crippen molar-refractivity contribution in [2.45, 2.75) is 11.7 Å². The van der Waals surface area contributed by atoms with Gasteiger partial charge in [0.25, 0.3) is 0 Å². The van der Waals surface area contributed by atoms with Crippen molar-refractivity contribution in [2.24, 2.45) is 5.10 Å². The van der Waals surface area contributed by atoms with Crippen LogP contribution in [0.4, 0.5) is 6.01 Å². The van der Waals surface area contributed by atoms with E-state index in [0.29, 0.717) is 6.54 Å². The molecule has 3 N–H and O–H groups in total. The second-order valence-corrected chi connectivity index (χ2v) is 6.51. The Kier molecular flexibility index (Phi) is 3.34. The number of hydrazone groups is 1. The monoisotopic (exact) mass is 307 g/mol. The second-order valence-electron chi connectivity index (χ2n) is 4.57. The van der Waals surface area contributed by atoms with Crippen molar-refractivity contribution in [3.05, 3.63) is 41.8 Å². The first-order valence-corrected chi connectivity index (χ1v) is 7.87. The quantitative estimate of drug-likeness (QED) is 0.833. The molecule has 0 saturated carbocycles. The molecule has 0 aliphatic carbocycles. The Morgan fingerprint density at radius 1 is 1.29 bits per heavy atom. The maximum atomic E-state index is 12.5. The van der Waals surface area contributed by atoms with E-state index in [2.05, 4.69) is 20.7 Å². The largest absolute Gasteiger partial charge is 0.407 e. The molecule has 0 radical (unpaired) electrons. The van der Waals surface area contributed by atoms with Gasteiger partial charge in [-0.1, -0.05) is 35.4 Å². The van der Waals surface area contributed by atoms with Crippen LogP contribution in [-0.2, 0) is 15.6 Å². The van der Waals surface area contributed by atoms with Gasteiger partial charge in [0.15, 0.2) is 5.04 Å². The van der Waals surface area contributed by atoms with Crippen LogP contribution in [0.25, 0.3) is 0 Å². The maximum Gasteiger partial charge on any atom is 0.312 e. The molecule has 9 heteroatoms. The Morgan fingerprint density at radius 2 is 2.05 bits per heavy atom. The van der Waals surface area contributed by atoms with Gasteiger partial charge in [0.1, 0.15) is 5.75 Å². The lowest BCUT2D eigenvalue weighted by atomic mass is 10.0. The molecule has 8 nitrogen and oxygen atoms in total. The fourth-order valence-corrected chi connectivity index (χ4v) is 3.62. The van der Waals surface area contributed by atoms with Gasteiger partial charge in [-0.05, 0) is 5.56 Å². The molecule has 0 saturated heterocycles. The number of anilines is 1. The lowest BCUT2D eigenvalue weighted by molar-refractivity contribution is 0.524. The molecule has 21 heavy (non-hydrogen) atoms. The average Bonchev–Trinajstić information content (AvgIpc) is 3.09. The molecular formula is C12H13N5O3S. The molecule has 2 aromatic rings. The lowest BCUT2D eigenvalue weighted by Crippen LogP contribution is -2.23. The summed E-state index contributed by atoms with van der Waals surface area (Å²) in [6, 6.07) is 9.16. The van der Waals surface area contributed by atoms with Crippen LogP contribution >= 0.6 is 0 Å². The third-order valence-corrected chi connectivity index (χ3v) is 4.74. The third kappa shape index (κ3) is 2.72. The van der Waals surface area contributed by atoms with Crippen molar-refractivity contribution in [2.75, 3.05) is 12.3 Å². The van der Waals surface area contributed by atoms with Gasteiger partial charge in [0.2, 0.25) is 15.7 Å². The summed E-state index contributed by atoms with van der Waals surface area (Å²) in [4.78, 5) is 0. The van der Waals surface area contributed by atoms with Crippen molar-refractivity contribution in [3.8, 4) is 0 Å². The first-order valence-electron chi connectivity index (χ1n) is 6.22. The van der Waals surface area contributed by atoms with Gasteiger partial charge in [-0.25, -0.2) is 8.42 Å². The molecule has 1 aromatic carbocycles. The predicted octanol–water partition coefficient (Wildman–Crippen LogP) is 0.267. The van der Waals surface area contributed by atoms with Gasteiger partial charge in [0, 0.05) is 6.54 Å². The maximum absolute atomic E-state index is 12.5. The summed E-state index contributed by atoms with van der Waals surface area (Å²) in [7, 11) is -3.66. The van der Waals surface area contributed by atoms with Crippen LogP contribution in [0.15, 0.2) is 39.9 Å². The number of nitrogen functional groups attached to an aromatic ring is 1. The fourth-order valence-electron chi connectivity index (χ4n) is 2.17. The van der Waals surface area contributed by atoms with Crippen molar-refractivity contribution in [1.29, 1.82) is 0 Å². The Bertz CT molecular complexity index is 769.